The van der Waals surface area contributed by atoms with E-state index in [0.29, 0.717) is 12.6 Å². The van der Waals surface area contributed by atoms with Gasteiger partial charge in [-0.3, -0.25) is 10.1 Å². The summed E-state index contributed by atoms with van der Waals surface area (Å²) >= 11 is 0. The molecule has 8 heteroatoms. The molecule has 1 unspecified atom stereocenters. The van der Waals surface area contributed by atoms with Crippen LogP contribution in [0.5, 0.6) is 0 Å². The second-order valence-corrected chi connectivity index (χ2v) is 4.59. The summed E-state index contributed by atoms with van der Waals surface area (Å²) in [4.78, 5) is 20.6. The second-order valence-electron chi connectivity index (χ2n) is 4.59. The Morgan fingerprint density at radius 2 is 2.10 bits per heavy atom. The highest BCUT2D eigenvalue weighted by Crippen LogP contribution is 2.27. The minimum Gasteiger partial charge on any atom is -0.367 e. The molecule has 0 saturated carbocycles. The van der Waals surface area contributed by atoms with Gasteiger partial charge in [0.2, 0.25) is 11.6 Å². The first-order valence-electron chi connectivity index (χ1n) is 6.62. The number of rotatable bonds is 8. The Morgan fingerprint density at radius 1 is 1.45 bits per heavy atom. The molecule has 2 N–H and O–H groups in total. The van der Waals surface area contributed by atoms with Crippen LogP contribution < -0.4 is 10.6 Å². The van der Waals surface area contributed by atoms with Gasteiger partial charge in [-0.25, -0.2) is 9.97 Å². The normalized spacial score (nSPS) is 12.2. The molecule has 0 saturated heterocycles. The van der Waals surface area contributed by atoms with Crippen molar-refractivity contribution < 1.29 is 4.92 Å². The van der Waals surface area contributed by atoms with Crippen LogP contribution in [-0.4, -0.2) is 53.0 Å². The summed E-state index contributed by atoms with van der Waals surface area (Å²) < 4.78 is 0. The fourth-order valence-corrected chi connectivity index (χ4v) is 1.75. The molecular formula is C12H22N6O2. The summed E-state index contributed by atoms with van der Waals surface area (Å²) in [5.74, 6) is 0.453. The molecular weight excluding hydrogens is 260 g/mol. The van der Waals surface area contributed by atoms with E-state index in [1.54, 1.807) is 7.05 Å². The van der Waals surface area contributed by atoms with E-state index in [-0.39, 0.29) is 17.3 Å². The number of nitrogens with zero attached hydrogens (tertiary/aromatic N) is 4. The van der Waals surface area contributed by atoms with Crippen LogP contribution in [0.4, 0.5) is 17.3 Å². The van der Waals surface area contributed by atoms with Gasteiger partial charge in [0.15, 0.2) is 0 Å². The lowest BCUT2D eigenvalue weighted by Gasteiger charge is -2.23. The Kier molecular flexibility index (Phi) is 6.10. The number of hydrogen-bond donors (Lipinski definition) is 2. The number of nitrogens with one attached hydrogen (secondary N) is 2. The summed E-state index contributed by atoms with van der Waals surface area (Å²) in [7, 11) is 3.62. The van der Waals surface area contributed by atoms with Crippen molar-refractivity contribution in [2.24, 2.45) is 0 Å². The number of aromatic nitrogens is 2. The molecule has 0 spiro atoms. The monoisotopic (exact) mass is 282 g/mol. The lowest BCUT2D eigenvalue weighted by Crippen LogP contribution is -2.32. The minimum absolute atomic E-state index is 0.124. The zero-order valence-electron chi connectivity index (χ0n) is 12.4. The van der Waals surface area contributed by atoms with Crippen molar-refractivity contribution in [3.05, 3.63) is 16.4 Å². The minimum atomic E-state index is -0.480. The molecule has 112 valence electrons. The average molecular weight is 282 g/mol. The van der Waals surface area contributed by atoms with Gasteiger partial charge in [-0.15, -0.1) is 0 Å². The van der Waals surface area contributed by atoms with Gasteiger partial charge < -0.3 is 15.5 Å². The average Bonchev–Trinajstić information content (AvgIpc) is 2.45. The Balaban J connectivity index is 2.71. The molecule has 0 aromatic carbocycles. The van der Waals surface area contributed by atoms with Crippen LogP contribution in [0.3, 0.4) is 0 Å². The van der Waals surface area contributed by atoms with Crippen molar-refractivity contribution in [2.75, 3.05) is 37.8 Å². The second kappa shape index (κ2) is 7.59. The lowest BCUT2D eigenvalue weighted by atomic mass is 10.2. The molecule has 0 aliphatic carbocycles. The maximum Gasteiger partial charge on any atom is 0.353 e. The first-order valence-corrected chi connectivity index (χ1v) is 6.62. The Morgan fingerprint density at radius 3 is 2.65 bits per heavy atom. The van der Waals surface area contributed by atoms with Crippen LogP contribution in [0.25, 0.3) is 0 Å². The molecule has 0 fully saturated rings. The van der Waals surface area contributed by atoms with Crippen molar-refractivity contribution in [3.63, 3.8) is 0 Å². The summed E-state index contributed by atoms with van der Waals surface area (Å²) in [6.45, 7) is 5.64. The number of nitro groups is 1. The Bertz CT molecular complexity index is 454. The van der Waals surface area contributed by atoms with Crippen molar-refractivity contribution in [3.8, 4) is 0 Å². The van der Waals surface area contributed by atoms with Gasteiger partial charge in [0.25, 0.3) is 0 Å². The summed E-state index contributed by atoms with van der Waals surface area (Å²) in [6, 6.07) is 0.477. The molecule has 8 nitrogen and oxygen atoms in total. The Labute approximate surface area is 118 Å². The number of likely N-dealkylation sites (N-methyl/N-ethyl adjacent to an activating group) is 1. The van der Waals surface area contributed by atoms with Crippen molar-refractivity contribution in [1.82, 2.24) is 14.9 Å². The molecule has 1 aromatic rings. The Hall–Kier alpha value is -1.96. The van der Waals surface area contributed by atoms with E-state index >= 15 is 0 Å². The first-order chi connectivity index (χ1) is 9.51. The SMILES string of the molecule is CCC(C)N(C)CCNc1ncnc(NC)c1[N+](=O)[O-]. The van der Waals surface area contributed by atoms with E-state index in [9.17, 15) is 10.1 Å². The van der Waals surface area contributed by atoms with Crippen LogP contribution >= 0.6 is 0 Å². The van der Waals surface area contributed by atoms with Gasteiger partial charge in [0.05, 0.1) is 4.92 Å². The molecule has 1 heterocycles. The molecule has 0 aliphatic heterocycles. The van der Waals surface area contributed by atoms with Crippen molar-refractivity contribution in [2.45, 2.75) is 26.3 Å². The van der Waals surface area contributed by atoms with Crippen LogP contribution in [0.15, 0.2) is 6.33 Å². The molecule has 1 rings (SSSR count). The fourth-order valence-electron chi connectivity index (χ4n) is 1.75. The maximum atomic E-state index is 11.1. The first kappa shape index (κ1) is 16.1. The quantitative estimate of drug-likeness (QED) is 0.551. The number of hydrogen-bond acceptors (Lipinski definition) is 7. The smallest absolute Gasteiger partial charge is 0.353 e. The van der Waals surface area contributed by atoms with Gasteiger partial charge in [0, 0.05) is 26.2 Å². The van der Waals surface area contributed by atoms with Crippen LogP contribution in [0.2, 0.25) is 0 Å². The van der Waals surface area contributed by atoms with E-state index in [1.165, 1.54) is 6.33 Å². The molecule has 0 bridgehead atoms. The zero-order valence-corrected chi connectivity index (χ0v) is 12.4. The summed E-state index contributed by atoms with van der Waals surface area (Å²) in [6.07, 6.45) is 2.37. The molecule has 0 aliphatic rings. The van der Waals surface area contributed by atoms with E-state index < -0.39 is 4.92 Å². The third-order valence-corrected chi connectivity index (χ3v) is 3.34. The largest absolute Gasteiger partial charge is 0.367 e. The highest BCUT2D eigenvalue weighted by atomic mass is 16.6. The van der Waals surface area contributed by atoms with E-state index in [1.807, 2.05) is 7.05 Å². The van der Waals surface area contributed by atoms with Crippen molar-refractivity contribution in [1.29, 1.82) is 0 Å². The van der Waals surface area contributed by atoms with Crippen LogP contribution in [0, 0.1) is 10.1 Å². The summed E-state index contributed by atoms with van der Waals surface area (Å²) in [5.41, 5.74) is -0.124. The molecule has 0 amide bonds. The van der Waals surface area contributed by atoms with E-state index in [0.717, 1.165) is 13.0 Å². The summed E-state index contributed by atoms with van der Waals surface area (Å²) in [5, 5.41) is 16.8. The van der Waals surface area contributed by atoms with Gasteiger partial charge in [-0.05, 0) is 20.4 Å². The number of anilines is 2. The molecule has 20 heavy (non-hydrogen) atoms. The highest BCUT2D eigenvalue weighted by molar-refractivity contribution is 5.68. The van der Waals surface area contributed by atoms with Crippen LogP contribution in [0.1, 0.15) is 20.3 Å². The van der Waals surface area contributed by atoms with Gasteiger partial charge in [0.1, 0.15) is 6.33 Å². The van der Waals surface area contributed by atoms with Gasteiger partial charge in [-0.1, -0.05) is 6.92 Å². The maximum absolute atomic E-state index is 11.1. The fraction of sp³-hybridized carbons (Fsp3) is 0.667. The van der Waals surface area contributed by atoms with Crippen LogP contribution in [-0.2, 0) is 0 Å². The predicted molar refractivity (Wildman–Crippen MR) is 79.1 cm³/mol. The zero-order chi connectivity index (χ0) is 15.1. The standard InChI is InChI=1S/C12H22N6O2/c1-5-9(2)17(4)7-6-14-12-10(18(19)20)11(13-3)15-8-16-12/h8-9H,5-7H2,1-4H3,(H2,13,14,15,16). The van der Waals surface area contributed by atoms with E-state index in [2.05, 4.69) is 39.3 Å². The van der Waals surface area contributed by atoms with Crippen molar-refractivity contribution >= 4 is 17.3 Å². The lowest BCUT2D eigenvalue weighted by molar-refractivity contribution is -0.383. The highest BCUT2D eigenvalue weighted by Gasteiger charge is 2.21. The third-order valence-electron chi connectivity index (χ3n) is 3.34. The molecule has 0 radical (unpaired) electrons. The van der Waals surface area contributed by atoms with Gasteiger partial charge in [-0.2, -0.15) is 0 Å². The molecule has 1 atom stereocenters. The third kappa shape index (κ3) is 4.02. The topological polar surface area (TPSA) is 96.2 Å². The molecule has 1 aromatic heterocycles. The predicted octanol–water partition coefficient (Wildman–Crippen LogP) is 1.57. The van der Waals surface area contributed by atoms with Gasteiger partial charge >= 0.3 is 5.69 Å². The van der Waals surface area contributed by atoms with E-state index in [4.69, 9.17) is 0 Å².